The summed E-state index contributed by atoms with van der Waals surface area (Å²) in [6.07, 6.45) is 0. The fraction of sp³-hybridized carbons (Fsp3) is 0.0870. The van der Waals surface area contributed by atoms with Crippen molar-refractivity contribution in [1.82, 2.24) is 10.3 Å². The summed E-state index contributed by atoms with van der Waals surface area (Å²) in [5.41, 5.74) is 2.87. The maximum absolute atomic E-state index is 12.9. The lowest BCUT2D eigenvalue weighted by atomic mass is 10.1. The Kier molecular flexibility index (Phi) is 6.87. The number of thiocarbonyl (C=S) groups is 1. The van der Waals surface area contributed by atoms with Crippen LogP contribution in [-0.2, 0) is 0 Å². The number of fused-ring (bicyclic) bond motifs is 1. The zero-order valence-corrected chi connectivity index (χ0v) is 20.9. The van der Waals surface area contributed by atoms with Gasteiger partial charge in [0.05, 0.1) is 30.1 Å². The van der Waals surface area contributed by atoms with E-state index in [2.05, 4.69) is 33.2 Å². The Morgan fingerprint density at radius 1 is 1.03 bits per heavy atom. The molecule has 162 valence electrons. The van der Waals surface area contributed by atoms with Crippen molar-refractivity contribution in [3.05, 3.63) is 69.8 Å². The number of nitrogens with one attached hydrogen (secondary N) is 2. The largest absolute Gasteiger partial charge is 0.496 e. The summed E-state index contributed by atoms with van der Waals surface area (Å²) in [5, 5.41) is 6.88. The normalized spacial score (nSPS) is 10.6. The molecule has 1 heterocycles. The molecule has 0 spiro atoms. The highest BCUT2D eigenvalue weighted by Crippen LogP contribution is 2.35. The van der Waals surface area contributed by atoms with Crippen molar-refractivity contribution < 1.29 is 14.3 Å². The molecule has 0 saturated heterocycles. The van der Waals surface area contributed by atoms with Crippen molar-refractivity contribution in [2.24, 2.45) is 0 Å². The highest BCUT2D eigenvalue weighted by Gasteiger charge is 2.20. The van der Waals surface area contributed by atoms with Crippen LogP contribution in [0.3, 0.4) is 0 Å². The summed E-state index contributed by atoms with van der Waals surface area (Å²) in [6.45, 7) is 0. The van der Waals surface area contributed by atoms with E-state index in [4.69, 9.17) is 26.7 Å². The molecule has 2 N–H and O–H groups in total. The van der Waals surface area contributed by atoms with Crippen molar-refractivity contribution in [3.8, 4) is 22.1 Å². The molecule has 4 rings (SSSR count). The first-order valence-electron chi connectivity index (χ1n) is 9.49. The number of anilines is 1. The van der Waals surface area contributed by atoms with Crippen molar-refractivity contribution in [3.63, 3.8) is 0 Å². The Morgan fingerprint density at radius 3 is 2.44 bits per heavy atom. The first-order valence-corrected chi connectivity index (χ1v) is 11.8. The first kappa shape index (κ1) is 22.4. The van der Waals surface area contributed by atoms with Gasteiger partial charge in [0.2, 0.25) is 0 Å². The van der Waals surface area contributed by atoms with Crippen molar-refractivity contribution in [2.75, 3.05) is 19.5 Å². The predicted octanol–water partition coefficient (Wildman–Crippen LogP) is 5.71. The van der Waals surface area contributed by atoms with Crippen LogP contribution in [0.25, 0.3) is 20.8 Å². The molecule has 0 saturated carbocycles. The third-order valence-electron chi connectivity index (χ3n) is 4.64. The molecule has 0 fully saturated rings. The molecule has 0 aliphatic heterocycles. The molecule has 0 radical (unpaired) electrons. The predicted molar refractivity (Wildman–Crippen MR) is 141 cm³/mol. The minimum Gasteiger partial charge on any atom is -0.496 e. The number of carbonyl (C=O) groups excluding carboxylic acids is 1. The molecule has 0 aliphatic rings. The van der Waals surface area contributed by atoms with Gasteiger partial charge in [0.15, 0.2) is 5.11 Å². The molecule has 6 nitrogen and oxygen atoms in total. The molecule has 9 heteroatoms. The van der Waals surface area contributed by atoms with E-state index in [0.717, 1.165) is 30.0 Å². The van der Waals surface area contributed by atoms with Gasteiger partial charge in [-0.15, -0.1) is 11.3 Å². The number of ether oxygens (including phenoxy) is 2. The van der Waals surface area contributed by atoms with Gasteiger partial charge in [-0.25, -0.2) is 4.98 Å². The van der Waals surface area contributed by atoms with Crippen LogP contribution < -0.4 is 20.1 Å². The van der Waals surface area contributed by atoms with Crippen LogP contribution in [-0.4, -0.2) is 30.2 Å². The van der Waals surface area contributed by atoms with Crippen LogP contribution in [0.4, 0.5) is 5.69 Å². The monoisotopic (exact) mass is 575 g/mol. The lowest BCUT2D eigenvalue weighted by molar-refractivity contribution is 0.0971. The van der Waals surface area contributed by atoms with Gasteiger partial charge >= 0.3 is 0 Å². The van der Waals surface area contributed by atoms with Crippen molar-refractivity contribution in [2.45, 2.75) is 0 Å². The summed E-state index contributed by atoms with van der Waals surface area (Å²) in [6, 6.07) is 19.1. The molecule has 1 aromatic heterocycles. The maximum atomic E-state index is 12.9. The molecule has 0 bridgehead atoms. The maximum Gasteiger partial charge on any atom is 0.264 e. The smallest absolute Gasteiger partial charge is 0.264 e. The number of amides is 1. The summed E-state index contributed by atoms with van der Waals surface area (Å²) < 4.78 is 12.8. The summed E-state index contributed by atoms with van der Waals surface area (Å²) in [5.74, 6) is 0.368. The lowest BCUT2D eigenvalue weighted by Crippen LogP contribution is -2.34. The number of rotatable bonds is 5. The van der Waals surface area contributed by atoms with E-state index in [1.807, 2.05) is 42.5 Å². The third kappa shape index (κ3) is 4.69. The second-order valence-electron chi connectivity index (χ2n) is 6.62. The Hall–Kier alpha value is -2.76. The van der Waals surface area contributed by atoms with Gasteiger partial charge in [0, 0.05) is 9.13 Å². The summed E-state index contributed by atoms with van der Waals surface area (Å²) >= 11 is 9.30. The zero-order chi connectivity index (χ0) is 22.7. The second-order valence-corrected chi connectivity index (χ2v) is 9.31. The molecule has 0 aliphatic carbocycles. The van der Waals surface area contributed by atoms with E-state index < -0.39 is 5.91 Å². The highest BCUT2D eigenvalue weighted by atomic mass is 127. The summed E-state index contributed by atoms with van der Waals surface area (Å²) in [7, 11) is 3.00. The zero-order valence-electron chi connectivity index (χ0n) is 17.1. The number of halogens is 1. The van der Waals surface area contributed by atoms with E-state index in [9.17, 15) is 4.79 Å². The standard InChI is InChI=1S/C23H18IN3O3S2/c1-29-17-7-5-8-18(30-2)20(17)21(28)27-23(31)26-15-11-10-13(24)12-14(15)22-25-16-6-3-4-9-19(16)32-22/h3-12H,1-2H3,(H2,26,27,28,31). The highest BCUT2D eigenvalue weighted by molar-refractivity contribution is 14.1. The number of nitrogens with zero attached hydrogens (tertiary/aromatic N) is 1. The molecule has 0 unspecified atom stereocenters. The number of carbonyl (C=O) groups is 1. The Morgan fingerprint density at radius 2 is 1.75 bits per heavy atom. The van der Waals surface area contributed by atoms with Gasteiger partial charge in [-0.05, 0) is 77.3 Å². The van der Waals surface area contributed by atoms with E-state index >= 15 is 0 Å². The van der Waals surface area contributed by atoms with E-state index in [1.165, 1.54) is 14.2 Å². The van der Waals surface area contributed by atoms with Crippen molar-refractivity contribution in [1.29, 1.82) is 0 Å². The molecule has 0 atom stereocenters. The van der Waals surface area contributed by atoms with Crippen LogP contribution in [0.5, 0.6) is 11.5 Å². The van der Waals surface area contributed by atoms with Gasteiger partial charge in [-0.3, -0.25) is 10.1 Å². The Labute approximate surface area is 208 Å². The fourth-order valence-electron chi connectivity index (χ4n) is 3.18. The molecular weight excluding hydrogens is 557 g/mol. The molecule has 32 heavy (non-hydrogen) atoms. The number of hydrogen-bond acceptors (Lipinski definition) is 6. The lowest BCUT2D eigenvalue weighted by Gasteiger charge is -2.15. The van der Waals surface area contributed by atoms with Crippen LogP contribution in [0.15, 0.2) is 60.7 Å². The number of methoxy groups -OCH3 is 2. The Balaban J connectivity index is 1.60. The number of aromatic nitrogens is 1. The minimum atomic E-state index is -0.427. The van der Waals surface area contributed by atoms with E-state index in [0.29, 0.717) is 11.5 Å². The average Bonchev–Trinajstić information content (AvgIpc) is 3.23. The fourth-order valence-corrected chi connectivity index (χ4v) is 4.87. The average molecular weight is 575 g/mol. The minimum absolute atomic E-state index is 0.159. The SMILES string of the molecule is COc1cccc(OC)c1C(=O)NC(=S)Nc1ccc(I)cc1-c1nc2ccccc2s1. The van der Waals surface area contributed by atoms with Crippen LogP contribution in [0.1, 0.15) is 10.4 Å². The molecular formula is C23H18IN3O3S2. The van der Waals surface area contributed by atoms with Gasteiger partial charge in [-0.2, -0.15) is 0 Å². The first-order chi connectivity index (χ1) is 15.5. The van der Waals surface area contributed by atoms with Crippen LogP contribution in [0.2, 0.25) is 0 Å². The number of para-hydroxylation sites is 1. The second kappa shape index (κ2) is 9.80. The number of hydrogen-bond donors (Lipinski definition) is 2. The van der Waals surface area contributed by atoms with Gasteiger partial charge in [-0.1, -0.05) is 18.2 Å². The number of benzene rings is 3. The third-order valence-corrected chi connectivity index (χ3v) is 6.58. The quantitative estimate of drug-likeness (QED) is 0.235. The summed E-state index contributed by atoms with van der Waals surface area (Å²) in [4.78, 5) is 17.7. The molecule has 4 aromatic rings. The topological polar surface area (TPSA) is 72.5 Å². The Bertz CT molecular complexity index is 1270. The molecule has 3 aromatic carbocycles. The van der Waals surface area contributed by atoms with E-state index in [1.54, 1.807) is 29.5 Å². The van der Waals surface area contributed by atoms with Crippen LogP contribution >= 0.6 is 46.1 Å². The molecule has 1 amide bonds. The van der Waals surface area contributed by atoms with Crippen LogP contribution in [0, 0.1) is 3.57 Å². The van der Waals surface area contributed by atoms with Gasteiger partial charge < -0.3 is 14.8 Å². The van der Waals surface area contributed by atoms with Crippen molar-refractivity contribution >= 4 is 73.1 Å². The van der Waals surface area contributed by atoms with Gasteiger partial charge in [0.1, 0.15) is 22.1 Å². The number of thiazole rings is 1. The van der Waals surface area contributed by atoms with E-state index in [-0.39, 0.29) is 10.7 Å². The van der Waals surface area contributed by atoms with Gasteiger partial charge in [0.25, 0.3) is 5.91 Å².